The summed E-state index contributed by atoms with van der Waals surface area (Å²) < 4.78 is 0. The van der Waals surface area contributed by atoms with Crippen LogP contribution in [0.2, 0.25) is 0 Å². The van der Waals surface area contributed by atoms with Crippen LogP contribution in [0.4, 0.5) is 5.69 Å². The number of nitrogen functional groups attached to an aromatic ring is 1. The molecule has 1 aromatic rings. The minimum absolute atomic E-state index is 0.0552. The van der Waals surface area contributed by atoms with Crippen LogP contribution in [0.5, 0.6) is 0 Å². The van der Waals surface area contributed by atoms with E-state index in [2.05, 4.69) is 18.7 Å². The van der Waals surface area contributed by atoms with E-state index in [1.54, 1.807) is 18.2 Å². The van der Waals surface area contributed by atoms with Gasteiger partial charge in [0.25, 0.3) is 0 Å². The Hall–Kier alpha value is -1.55. The first-order valence-electron chi connectivity index (χ1n) is 5.88. The second-order valence-corrected chi connectivity index (χ2v) is 4.05. The first kappa shape index (κ1) is 13.5. The number of rotatable bonds is 5. The molecule has 0 aliphatic heterocycles. The van der Waals surface area contributed by atoms with Gasteiger partial charge in [0.15, 0.2) is 0 Å². The van der Waals surface area contributed by atoms with Crippen molar-refractivity contribution in [3.05, 3.63) is 29.3 Å². The highest BCUT2D eigenvalue weighted by Crippen LogP contribution is 2.25. The van der Waals surface area contributed by atoms with Crippen LogP contribution in [0.3, 0.4) is 0 Å². The van der Waals surface area contributed by atoms with Gasteiger partial charge in [0, 0.05) is 11.7 Å². The zero-order valence-electron chi connectivity index (χ0n) is 10.6. The number of hydrogen-bond acceptors (Lipinski definition) is 3. The SMILES string of the molecule is CCN(CC)C(C)c1cc(N)ccc1C(=O)O. The maximum absolute atomic E-state index is 11.2. The second kappa shape index (κ2) is 5.68. The fourth-order valence-electron chi connectivity index (χ4n) is 2.09. The molecule has 0 aromatic heterocycles. The number of nitrogens with zero attached hydrogens (tertiary/aromatic N) is 1. The van der Waals surface area contributed by atoms with Gasteiger partial charge < -0.3 is 10.8 Å². The molecule has 0 amide bonds. The lowest BCUT2D eigenvalue weighted by atomic mass is 9.99. The first-order valence-corrected chi connectivity index (χ1v) is 5.88. The number of carboxylic acids is 1. The molecule has 4 nitrogen and oxygen atoms in total. The highest BCUT2D eigenvalue weighted by atomic mass is 16.4. The van der Waals surface area contributed by atoms with Gasteiger partial charge in [0.2, 0.25) is 0 Å². The lowest BCUT2D eigenvalue weighted by molar-refractivity contribution is 0.0693. The van der Waals surface area contributed by atoms with E-state index < -0.39 is 5.97 Å². The topological polar surface area (TPSA) is 66.6 Å². The minimum Gasteiger partial charge on any atom is -0.478 e. The quantitative estimate of drug-likeness (QED) is 0.770. The summed E-state index contributed by atoms with van der Waals surface area (Å²) in [5.41, 5.74) is 7.45. The van der Waals surface area contributed by atoms with Crippen molar-refractivity contribution >= 4 is 11.7 Å². The molecule has 1 rings (SSSR count). The molecule has 3 N–H and O–H groups in total. The van der Waals surface area contributed by atoms with Crippen molar-refractivity contribution in [3.8, 4) is 0 Å². The number of hydrogen-bond donors (Lipinski definition) is 2. The molecule has 0 aliphatic rings. The Kier molecular flexibility index (Phi) is 4.52. The third kappa shape index (κ3) is 2.97. The summed E-state index contributed by atoms with van der Waals surface area (Å²) in [5, 5.41) is 9.17. The van der Waals surface area contributed by atoms with Crippen LogP contribution in [0.1, 0.15) is 42.7 Å². The van der Waals surface area contributed by atoms with Crippen molar-refractivity contribution in [1.29, 1.82) is 0 Å². The fraction of sp³-hybridized carbons (Fsp3) is 0.462. The van der Waals surface area contributed by atoms with E-state index in [1.165, 1.54) is 0 Å². The minimum atomic E-state index is -0.904. The number of aromatic carboxylic acids is 1. The van der Waals surface area contributed by atoms with Gasteiger partial charge in [-0.1, -0.05) is 13.8 Å². The largest absolute Gasteiger partial charge is 0.478 e. The standard InChI is InChI=1S/C13H20N2O2/c1-4-15(5-2)9(3)12-8-10(14)6-7-11(12)13(16)17/h6-9H,4-5,14H2,1-3H3,(H,16,17). The van der Waals surface area contributed by atoms with Crippen LogP contribution in [-0.4, -0.2) is 29.1 Å². The molecule has 1 unspecified atom stereocenters. The second-order valence-electron chi connectivity index (χ2n) is 4.05. The molecule has 0 saturated carbocycles. The highest BCUT2D eigenvalue weighted by Gasteiger charge is 2.19. The summed E-state index contributed by atoms with van der Waals surface area (Å²) in [7, 11) is 0. The molecular formula is C13H20N2O2. The Balaban J connectivity index is 3.18. The molecule has 0 bridgehead atoms. The van der Waals surface area contributed by atoms with Gasteiger partial charge >= 0.3 is 5.97 Å². The third-order valence-electron chi connectivity index (χ3n) is 3.12. The zero-order valence-corrected chi connectivity index (χ0v) is 10.6. The average molecular weight is 236 g/mol. The van der Waals surface area contributed by atoms with E-state index in [0.29, 0.717) is 11.3 Å². The molecule has 17 heavy (non-hydrogen) atoms. The summed E-state index contributed by atoms with van der Waals surface area (Å²) in [4.78, 5) is 13.4. The summed E-state index contributed by atoms with van der Waals surface area (Å²) in [5.74, 6) is -0.904. The van der Waals surface area contributed by atoms with Crippen molar-refractivity contribution in [3.63, 3.8) is 0 Å². The molecule has 0 radical (unpaired) electrons. The number of carboxylic acid groups (broad SMARTS) is 1. The van der Waals surface area contributed by atoms with Crippen molar-refractivity contribution in [2.45, 2.75) is 26.8 Å². The van der Waals surface area contributed by atoms with Crippen LogP contribution in [0, 0.1) is 0 Å². The van der Waals surface area contributed by atoms with Crippen LogP contribution < -0.4 is 5.73 Å². The molecule has 0 fully saturated rings. The monoisotopic (exact) mass is 236 g/mol. The lowest BCUT2D eigenvalue weighted by Gasteiger charge is -2.27. The molecule has 1 aromatic carbocycles. The van der Waals surface area contributed by atoms with E-state index in [4.69, 9.17) is 5.73 Å². The molecule has 0 saturated heterocycles. The highest BCUT2D eigenvalue weighted by molar-refractivity contribution is 5.90. The maximum Gasteiger partial charge on any atom is 0.336 e. The number of benzene rings is 1. The third-order valence-corrected chi connectivity index (χ3v) is 3.12. The van der Waals surface area contributed by atoms with Crippen molar-refractivity contribution in [2.75, 3.05) is 18.8 Å². The number of anilines is 1. The number of nitrogens with two attached hydrogens (primary N) is 1. The molecule has 0 heterocycles. The molecule has 0 spiro atoms. The van der Waals surface area contributed by atoms with E-state index in [1.807, 2.05) is 6.92 Å². The Morgan fingerprint density at radius 3 is 2.47 bits per heavy atom. The predicted molar refractivity (Wildman–Crippen MR) is 69.1 cm³/mol. The molecule has 0 aliphatic carbocycles. The van der Waals surface area contributed by atoms with Crippen molar-refractivity contribution < 1.29 is 9.90 Å². The zero-order chi connectivity index (χ0) is 13.0. The normalized spacial score (nSPS) is 12.7. The van der Waals surface area contributed by atoms with Crippen molar-refractivity contribution in [1.82, 2.24) is 4.90 Å². The lowest BCUT2D eigenvalue weighted by Crippen LogP contribution is -2.27. The molecule has 4 heteroatoms. The van der Waals surface area contributed by atoms with Crippen LogP contribution in [0.15, 0.2) is 18.2 Å². The van der Waals surface area contributed by atoms with Crippen LogP contribution in [0.25, 0.3) is 0 Å². The van der Waals surface area contributed by atoms with E-state index in [9.17, 15) is 9.90 Å². The van der Waals surface area contributed by atoms with Crippen LogP contribution in [-0.2, 0) is 0 Å². The average Bonchev–Trinajstić information content (AvgIpc) is 2.29. The summed E-state index contributed by atoms with van der Waals surface area (Å²) >= 11 is 0. The van der Waals surface area contributed by atoms with Gasteiger partial charge in [-0.25, -0.2) is 4.79 Å². The van der Waals surface area contributed by atoms with Gasteiger partial charge in [-0.15, -0.1) is 0 Å². The molecule has 94 valence electrons. The predicted octanol–water partition coefficient (Wildman–Crippen LogP) is 2.37. The van der Waals surface area contributed by atoms with Gasteiger partial charge in [-0.3, -0.25) is 4.90 Å². The smallest absolute Gasteiger partial charge is 0.336 e. The first-order chi connectivity index (χ1) is 8.01. The van der Waals surface area contributed by atoms with Crippen molar-refractivity contribution in [2.24, 2.45) is 0 Å². The van der Waals surface area contributed by atoms with Crippen LogP contribution >= 0.6 is 0 Å². The fourth-order valence-corrected chi connectivity index (χ4v) is 2.09. The van der Waals surface area contributed by atoms with E-state index >= 15 is 0 Å². The summed E-state index contributed by atoms with van der Waals surface area (Å²) in [6.45, 7) is 7.89. The van der Waals surface area contributed by atoms with Gasteiger partial charge in [-0.2, -0.15) is 0 Å². The Morgan fingerprint density at radius 1 is 1.41 bits per heavy atom. The Morgan fingerprint density at radius 2 is 2.00 bits per heavy atom. The Labute approximate surface area is 102 Å². The van der Waals surface area contributed by atoms with E-state index in [0.717, 1.165) is 18.7 Å². The van der Waals surface area contributed by atoms with E-state index in [-0.39, 0.29) is 6.04 Å². The van der Waals surface area contributed by atoms with Gasteiger partial charge in [0.05, 0.1) is 5.56 Å². The Bertz CT molecular complexity index is 400. The molecule has 1 atom stereocenters. The maximum atomic E-state index is 11.2. The van der Waals surface area contributed by atoms with Gasteiger partial charge in [0.1, 0.15) is 0 Å². The van der Waals surface area contributed by atoms with Gasteiger partial charge in [-0.05, 0) is 43.8 Å². The summed E-state index contributed by atoms with van der Waals surface area (Å²) in [6, 6.07) is 5.01. The molecular weight excluding hydrogens is 216 g/mol. The summed E-state index contributed by atoms with van der Waals surface area (Å²) in [6.07, 6.45) is 0. The number of carbonyl (C=O) groups is 1.